The van der Waals surface area contributed by atoms with Gasteiger partial charge in [-0.15, -0.1) is 11.3 Å². The fourth-order valence-electron chi connectivity index (χ4n) is 3.78. The molecule has 4 rings (SSSR count). The van der Waals surface area contributed by atoms with Crippen LogP contribution in [-0.2, 0) is 11.3 Å². The number of amides is 1. The Morgan fingerprint density at radius 1 is 1.03 bits per heavy atom. The molecule has 5 nitrogen and oxygen atoms in total. The highest BCUT2D eigenvalue weighted by Gasteiger charge is 2.25. The third kappa shape index (κ3) is 3.66. The van der Waals surface area contributed by atoms with Gasteiger partial charge >= 0.3 is 0 Å². The molecule has 0 saturated heterocycles. The summed E-state index contributed by atoms with van der Waals surface area (Å²) < 4.78 is 1.64. The molecule has 0 fully saturated rings. The molecular formula is C24H23N3O2S. The highest BCUT2D eigenvalue weighted by molar-refractivity contribution is 7.18. The van der Waals surface area contributed by atoms with E-state index in [9.17, 15) is 9.59 Å². The molecule has 0 aliphatic carbocycles. The zero-order valence-electron chi connectivity index (χ0n) is 17.0. The molecule has 0 aliphatic rings. The van der Waals surface area contributed by atoms with Crippen LogP contribution in [0, 0.1) is 13.8 Å². The summed E-state index contributed by atoms with van der Waals surface area (Å²) in [5, 5.41) is 0.630. The molecule has 2 heterocycles. The van der Waals surface area contributed by atoms with Gasteiger partial charge in [-0.05, 0) is 30.5 Å². The first-order chi connectivity index (χ1) is 14.5. The molecule has 2 aromatic heterocycles. The van der Waals surface area contributed by atoms with Crippen LogP contribution in [0.3, 0.4) is 0 Å². The number of aryl methyl sites for hydroxylation is 2. The Hall–Kier alpha value is -3.25. The highest BCUT2D eigenvalue weighted by Crippen LogP contribution is 2.33. The molecule has 0 unspecified atom stereocenters. The summed E-state index contributed by atoms with van der Waals surface area (Å²) in [6.45, 7) is 4.15. The van der Waals surface area contributed by atoms with Crippen LogP contribution in [-0.4, -0.2) is 15.5 Å². The smallest absolute Gasteiger partial charge is 0.262 e. The van der Waals surface area contributed by atoms with Crippen LogP contribution >= 0.6 is 11.3 Å². The molecule has 0 bridgehead atoms. The number of nitrogens with zero attached hydrogens (tertiary/aromatic N) is 2. The molecule has 152 valence electrons. The average Bonchev–Trinajstić information content (AvgIpc) is 3.03. The number of rotatable bonds is 6. The quantitative estimate of drug-likeness (QED) is 0.512. The van der Waals surface area contributed by atoms with E-state index in [-0.39, 0.29) is 24.4 Å². The van der Waals surface area contributed by atoms with Gasteiger partial charge in [-0.25, -0.2) is 4.98 Å². The van der Waals surface area contributed by atoms with E-state index in [0.29, 0.717) is 11.2 Å². The second-order valence-corrected chi connectivity index (χ2v) is 8.56. The van der Waals surface area contributed by atoms with Crippen molar-refractivity contribution < 1.29 is 4.79 Å². The minimum atomic E-state index is -0.442. The van der Waals surface area contributed by atoms with E-state index in [1.807, 2.05) is 74.5 Å². The van der Waals surface area contributed by atoms with E-state index < -0.39 is 5.91 Å². The van der Waals surface area contributed by atoms with Crippen LogP contribution < -0.4 is 11.3 Å². The van der Waals surface area contributed by atoms with Crippen LogP contribution in [0.4, 0.5) is 0 Å². The maximum absolute atomic E-state index is 13.5. The predicted octanol–water partition coefficient (Wildman–Crippen LogP) is 4.13. The Labute approximate surface area is 178 Å². The summed E-state index contributed by atoms with van der Waals surface area (Å²) in [4.78, 5) is 31.9. The average molecular weight is 418 g/mol. The molecule has 0 aliphatic heterocycles. The van der Waals surface area contributed by atoms with E-state index in [1.165, 1.54) is 11.3 Å². The Balaban J connectivity index is 2.03. The molecule has 0 atom stereocenters. The number of carbonyl (C=O) groups excluding carboxylic acids is 1. The molecule has 2 aromatic carbocycles. The van der Waals surface area contributed by atoms with Crippen LogP contribution in [0.2, 0.25) is 0 Å². The zero-order valence-corrected chi connectivity index (χ0v) is 17.8. The van der Waals surface area contributed by atoms with Crippen LogP contribution in [0.25, 0.3) is 10.2 Å². The van der Waals surface area contributed by atoms with Gasteiger partial charge in [-0.1, -0.05) is 60.7 Å². The van der Waals surface area contributed by atoms with Crippen molar-refractivity contribution in [3.63, 3.8) is 0 Å². The Morgan fingerprint density at radius 2 is 1.60 bits per heavy atom. The standard InChI is InChI=1S/C24H23N3O2S/c1-15-16(2)30-23-20(15)24(29)27(14-13-19(25)28)22(26-23)21(17-9-5-3-6-10-17)18-11-7-4-8-12-18/h3-12,21H,13-14H2,1-2H3,(H2,25,28). The maximum atomic E-state index is 13.5. The monoisotopic (exact) mass is 417 g/mol. The van der Waals surface area contributed by atoms with Gasteiger partial charge in [-0.2, -0.15) is 0 Å². The Bertz CT molecular complexity index is 1220. The van der Waals surface area contributed by atoms with Crippen molar-refractivity contribution >= 4 is 27.5 Å². The van der Waals surface area contributed by atoms with Crippen molar-refractivity contribution in [2.24, 2.45) is 5.73 Å². The lowest BCUT2D eigenvalue weighted by molar-refractivity contribution is -0.118. The lowest BCUT2D eigenvalue weighted by Gasteiger charge is -2.22. The largest absolute Gasteiger partial charge is 0.370 e. The molecule has 2 N–H and O–H groups in total. The minimum absolute atomic E-state index is 0.0819. The first-order valence-electron chi connectivity index (χ1n) is 9.86. The summed E-state index contributed by atoms with van der Waals surface area (Å²) in [6, 6.07) is 20.0. The number of primary amides is 1. The fraction of sp³-hybridized carbons (Fsp3) is 0.208. The van der Waals surface area contributed by atoms with E-state index in [2.05, 4.69) is 0 Å². The highest BCUT2D eigenvalue weighted by atomic mass is 32.1. The summed E-state index contributed by atoms with van der Waals surface area (Å²) >= 11 is 1.53. The maximum Gasteiger partial charge on any atom is 0.262 e. The molecule has 4 aromatic rings. The van der Waals surface area contributed by atoms with Gasteiger partial charge in [0.2, 0.25) is 5.91 Å². The topological polar surface area (TPSA) is 78.0 Å². The van der Waals surface area contributed by atoms with Crippen LogP contribution in [0.5, 0.6) is 0 Å². The summed E-state index contributed by atoms with van der Waals surface area (Å²) in [7, 11) is 0. The van der Waals surface area contributed by atoms with Crippen molar-refractivity contribution in [3.8, 4) is 0 Å². The lowest BCUT2D eigenvalue weighted by Crippen LogP contribution is -2.29. The van der Waals surface area contributed by atoms with Gasteiger partial charge < -0.3 is 5.73 Å². The van der Waals surface area contributed by atoms with Crippen molar-refractivity contribution in [2.75, 3.05) is 0 Å². The second kappa shape index (κ2) is 8.24. The van der Waals surface area contributed by atoms with Gasteiger partial charge in [0.05, 0.1) is 11.3 Å². The molecule has 0 saturated carbocycles. The number of hydrogen-bond donors (Lipinski definition) is 1. The first-order valence-corrected chi connectivity index (χ1v) is 10.7. The van der Waals surface area contributed by atoms with E-state index in [1.54, 1.807) is 4.57 Å². The van der Waals surface area contributed by atoms with Crippen molar-refractivity contribution in [1.82, 2.24) is 9.55 Å². The van der Waals surface area contributed by atoms with Gasteiger partial charge in [-0.3, -0.25) is 14.2 Å². The molecule has 0 radical (unpaired) electrons. The number of fused-ring (bicyclic) bond motifs is 1. The molecule has 6 heteroatoms. The van der Waals surface area contributed by atoms with Gasteiger partial charge in [0, 0.05) is 17.8 Å². The van der Waals surface area contributed by atoms with Crippen molar-refractivity contribution in [2.45, 2.75) is 32.7 Å². The molecule has 1 amide bonds. The lowest BCUT2D eigenvalue weighted by atomic mass is 9.90. The van der Waals surface area contributed by atoms with E-state index >= 15 is 0 Å². The number of nitrogens with two attached hydrogens (primary N) is 1. The number of carbonyl (C=O) groups is 1. The van der Waals surface area contributed by atoms with Gasteiger partial charge in [0.25, 0.3) is 5.56 Å². The third-order valence-corrected chi connectivity index (χ3v) is 6.53. The zero-order chi connectivity index (χ0) is 21.3. The molecular weight excluding hydrogens is 394 g/mol. The van der Waals surface area contributed by atoms with E-state index in [0.717, 1.165) is 26.4 Å². The number of aromatic nitrogens is 2. The molecule has 30 heavy (non-hydrogen) atoms. The van der Waals surface area contributed by atoms with E-state index in [4.69, 9.17) is 10.7 Å². The van der Waals surface area contributed by atoms with Crippen molar-refractivity contribution in [1.29, 1.82) is 0 Å². The Morgan fingerprint density at radius 3 is 2.13 bits per heavy atom. The van der Waals surface area contributed by atoms with Crippen molar-refractivity contribution in [3.05, 3.63) is 98.4 Å². The fourth-order valence-corrected chi connectivity index (χ4v) is 4.81. The SMILES string of the molecule is Cc1sc2nc(C(c3ccccc3)c3ccccc3)n(CCC(N)=O)c(=O)c2c1C. The third-order valence-electron chi connectivity index (χ3n) is 5.42. The van der Waals surface area contributed by atoms with Gasteiger partial charge in [0.15, 0.2) is 0 Å². The first kappa shape index (κ1) is 20.0. The summed E-state index contributed by atoms with van der Waals surface area (Å²) in [5.41, 5.74) is 8.31. The van der Waals surface area contributed by atoms with Crippen LogP contribution in [0.1, 0.15) is 39.7 Å². The second-order valence-electron chi connectivity index (χ2n) is 7.36. The number of benzene rings is 2. The van der Waals surface area contributed by atoms with Gasteiger partial charge in [0.1, 0.15) is 10.7 Å². The summed E-state index contributed by atoms with van der Waals surface area (Å²) in [6.07, 6.45) is 0.0819. The minimum Gasteiger partial charge on any atom is -0.370 e. The number of thiophene rings is 1. The number of hydrogen-bond acceptors (Lipinski definition) is 4. The Kier molecular flexibility index (Phi) is 5.50. The van der Waals surface area contributed by atoms with Crippen LogP contribution in [0.15, 0.2) is 65.5 Å². The molecule has 0 spiro atoms. The predicted molar refractivity (Wildman–Crippen MR) is 121 cm³/mol. The summed E-state index contributed by atoms with van der Waals surface area (Å²) in [5.74, 6) is -0.0466. The normalized spacial score (nSPS) is 11.3.